The Hall–Kier alpha value is -2.13. The maximum atomic E-state index is 12.3. The molecule has 3 heteroatoms. The van der Waals surface area contributed by atoms with Gasteiger partial charge in [0.15, 0.2) is 5.60 Å². The van der Waals surface area contributed by atoms with E-state index in [-0.39, 0.29) is 5.92 Å². The van der Waals surface area contributed by atoms with Crippen LogP contribution in [-0.2, 0) is 10.4 Å². The van der Waals surface area contributed by atoms with E-state index in [0.29, 0.717) is 12.2 Å². The zero-order valence-corrected chi connectivity index (χ0v) is 13.8. The zero-order chi connectivity index (χ0) is 15.9. The maximum absolute atomic E-state index is 12.3. The summed E-state index contributed by atoms with van der Waals surface area (Å²) in [5.41, 5.74) is -0.467. The van der Waals surface area contributed by atoms with Crippen LogP contribution in [0, 0.1) is 5.92 Å². The highest BCUT2D eigenvalue weighted by molar-refractivity contribution is 7.10. The van der Waals surface area contributed by atoms with Crippen LogP contribution in [0.2, 0.25) is 0 Å². The lowest BCUT2D eigenvalue weighted by Gasteiger charge is -2.20. The van der Waals surface area contributed by atoms with E-state index in [0.717, 1.165) is 27.8 Å². The third-order valence-electron chi connectivity index (χ3n) is 4.63. The predicted octanol–water partition coefficient (Wildman–Crippen LogP) is 5.17. The Morgan fingerprint density at radius 1 is 1.17 bits per heavy atom. The molecule has 0 bridgehead atoms. The summed E-state index contributed by atoms with van der Waals surface area (Å²) in [6, 6.07) is 18.4. The maximum Gasteiger partial charge on any atom is 0.154 e. The van der Waals surface area contributed by atoms with Gasteiger partial charge in [0.1, 0.15) is 11.5 Å². The highest BCUT2D eigenvalue weighted by Gasteiger charge is 2.62. The normalized spacial score (nSPS) is 22.9. The second kappa shape index (κ2) is 5.50. The molecule has 1 aromatic heterocycles. The minimum Gasteiger partial charge on any atom is -0.480 e. The third kappa shape index (κ3) is 2.36. The number of thiophene rings is 1. The van der Waals surface area contributed by atoms with E-state index in [1.807, 2.05) is 37.3 Å². The van der Waals surface area contributed by atoms with Crippen LogP contribution in [0.5, 0.6) is 5.75 Å². The summed E-state index contributed by atoms with van der Waals surface area (Å²) in [7, 11) is 0. The summed E-state index contributed by atoms with van der Waals surface area (Å²) in [5, 5.41) is 4.31. The van der Waals surface area contributed by atoms with Gasteiger partial charge in [-0.15, -0.1) is 11.3 Å². The lowest BCUT2D eigenvalue weighted by atomic mass is 10.1. The number of carbonyl (C=O) groups excluding carboxylic acids is 1. The molecule has 116 valence electrons. The van der Waals surface area contributed by atoms with Crippen LogP contribution in [0.1, 0.15) is 24.6 Å². The summed E-state index contributed by atoms with van der Waals surface area (Å²) in [4.78, 5) is 13.4. The SMILES string of the molecule is CCC(=O)[C@H]1C[C@]1(Oc1cccc2ccccc12)c1cccs1. The fraction of sp³-hybridized carbons (Fsp3) is 0.250. The van der Waals surface area contributed by atoms with Crippen molar-refractivity contribution >= 4 is 27.9 Å². The zero-order valence-electron chi connectivity index (χ0n) is 13.0. The van der Waals surface area contributed by atoms with Crippen LogP contribution in [0.25, 0.3) is 10.8 Å². The van der Waals surface area contributed by atoms with Crippen LogP contribution in [0.4, 0.5) is 0 Å². The summed E-state index contributed by atoms with van der Waals surface area (Å²) >= 11 is 1.67. The topological polar surface area (TPSA) is 26.3 Å². The van der Waals surface area contributed by atoms with Gasteiger partial charge in [-0.25, -0.2) is 0 Å². The average Bonchev–Trinajstić information content (AvgIpc) is 3.05. The van der Waals surface area contributed by atoms with Crippen LogP contribution >= 0.6 is 11.3 Å². The molecule has 2 atom stereocenters. The molecule has 2 aromatic carbocycles. The second-order valence-corrected chi connectivity index (χ2v) is 6.97. The van der Waals surface area contributed by atoms with Gasteiger partial charge < -0.3 is 4.74 Å². The monoisotopic (exact) mass is 322 g/mol. The molecule has 0 unspecified atom stereocenters. The Balaban J connectivity index is 1.76. The van der Waals surface area contributed by atoms with Crippen molar-refractivity contribution < 1.29 is 9.53 Å². The summed E-state index contributed by atoms with van der Waals surface area (Å²) in [6.07, 6.45) is 1.35. The van der Waals surface area contributed by atoms with Gasteiger partial charge in [-0.1, -0.05) is 49.4 Å². The van der Waals surface area contributed by atoms with E-state index in [2.05, 4.69) is 29.6 Å². The first-order valence-electron chi connectivity index (χ1n) is 7.98. The van der Waals surface area contributed by atoms with Gasteiger partial charge in [-0.05, 0) is 22.9 Å². The van der Waals surface area contributed by atoms with Gasteiger partial charge in [0.05, 0.1) is 5.92 Å². The van der Waals surface area contributed by atoms with E-state index in [1.165, 1.54) is 0 Å². The molecule has 3 aromatic rings. The fourth-order valence-electron chi connectivity index (χ4n) is 3.30. The molecule has 0 aliphatic heterocycles. The molecule has 23 heavy (non-hydrogen) atoms. The van der Waals surface area contributed by atoms with E-state index in [1.54, 1.807) is 11.3 Å². The molecule has 1 aliphatic rings. The molecule has 1 fully saturated rings. The fourth-order valence-corrected chi connectivity index (χ4v) is 4.23. The Kier molecular flexibility index (Phi) is 3.46. The molecule has 1 saturated carbocycles. The van der Waals surface area contributed by atoms with Gasteiger partial charge in [0.2, 0.25) is 0 Å². The standard InChI is InChI=1S/C20H18O2S/c1-2-17(21)16-13-20(16,19-11-6-12-23-19)22-18-10-5-8-14-7-3-4-9-15(14)18/h3-12,16H,2,13H2,1H3/t16-,20-/m1/s1. The van der Waals surface area contributed by atoms with Crippen molar-refractivity contribution in [2.75, 3.05) is 0 Å². The van der Waals surface area contributed by atoms with E-state index in [4.69, 9.17) is 4.74 Å². The highest BCUT2D eigenvalue weighted by Crippen LogP contribution is 2.57. The molecule has 0 radical (unpaired) electrons. The average molecular weight is 322 g/mol. The van der Waals surface area contributed by atoms with Crippen molar-refractivity contribution in [3.63, 3.8) is 0 Å². The predicted molar refractivity (Wildman–Crippen MR) is 94.0 cm³/mol. The smallest absolute Gasteiger partial charge is 0.154 e. The summed E-state index contributed by atoms with van der Waals surface area (Å²) in [6.45, 7) is 1.93. The van der Waals surface area contributed by atoms with Crippen LogP contribution in [-0.4, -0.2) is 5.78 Å². The lowest BCUT2D eigenvalue weighted by molar-refractivity contribution is -0.121. The van der Waals surface area contributed by atoms with Gasteiger partial charge >= 0.3 is 0 Å². The number of ether oxygens (including phenoxy) is 1. The highest BCUT2D eigenvalue weighted by atomic mass is 32.1. The van der Waals surface area contributed by atoms with E-state index < -0.39 is 5.60 Å². The molecule has 2 nitrogen and oxygen atoms in total. The molecule has 1 heterocycles. The van der Waals surface area contributed by atoms with E-state index >= 15 is 0 Å². The van der Waals surface area contributed by atoms with Gasteiger partial charge in [0, 0.05) is 23.1 Å². The molecule has 0 saturated heterocycles. The number of ketones is 1. The molecule has 4 rings (SSSR count). The third-order valence-corrected chi connectivity index (χ3v) is 5.66. The van der Waals surface area contributed by atoms with Gasteiger partial charge in [0.25, 0.3) is 0 Å². The Morgan fingerprint density at radius 3 is 2.78 bits per heavy atom. The number of rotatable bonds is 5. The second-order valence-electron chi connectivity index (χ2n) is 6.02. The largest absolute Gasteiger partial charge is 0.480 e. The Labute approximate surface area is 139 Å². The number of carbonyl (C=O) groups is 1. The summed E-state index contributed by atoms with van der Waals surface area (Å²) < 4.78 is 6.50. The molecule has 0 N–H and O–H groups in total. The van der Waals surface area contributed by atoms with E-state index in [9.17, 15) is 4.79 Å². The number of benzene rings is 2. The first-order valence-corrected chi connectivity index (χ1v) is 8.86. The molecular formula is C20H18O2S. The van der Waals surface area contributed by atoms with Crippen molar-refractivity contribution in [2.45, 2.75) is 25.4 Å². The van der Waals surface area contributed by atoms with Crippen molar-refractivity contribution in [2.24, 2.45) is 5.92 Å². The van der Waals surface area contributed by atoms with Crippen LogP contribution < -0.4 is 4.74 Å². The van der Waals surface area contributed by atoms with Crippen molar-refractivity contribution in [1.82, 2.24) is 0 Å². The molecule has 0 spiro atoms. The van der Waals surface area contributed by atoms with Crippen molar-refractivity contribution in [1.29, 1.82) is 0 Å². The Morgan fingerprint density at radius 2 is 2.00 bits per heavy atom. The van der Waals surface area contributed by atoms with Crippen LogP contribution in [0.3, 0.4) is 0 Å². The van der Waals surface area contributed by atoms with Gasteiger partial charge in [-0.2, -0.15) is 0 Å². The molecule has 1 aliphatic carbocycles. The quantitative estimate of drug-likeness (QED) is 0.647. The number of hydrogen-bond acceptors (Lipinski definition) is 3. The summed E-state index contributed by atoms with van der Waals surface area (Å²) in [5.74, 6) is 1.13. The van der Waals surface area contributed by atoms with Crippen LogP contribution in [0.15, 0.2) is 60.0 Å². The minimum absolute atomic E-state index is 0.0230. The minimum atomic E-state index is -0.467. The number of fused-ring (bicyclic) bond motifs is 1. The first-order chi connectivity index (χ1) is 11.2. The Bertz CT molecular complexity index is 848. The number of hydrogen-bond donors (Lipinski definition) is 0. The lowest BCUT2D eigenvalue weighted by Crippen LogP contribution is -2.21. The van der Waals surface area contributed by atoms with Crippen molar-refractivity contribution in [3.05, 3.63) is 64.9 Å². The van der Waals surface area contributed by atoms with Crippen molar-refractivity contribution in [3.8, 4) is 5.75 Å². The van der Waals surface area contributed by atoms with Gasteiger partial charge in [-0.3, -0.25) is 4.79 Å². The number of Topliss-reactive ketones (excluding diaryl/α,β-unsaturated/α-hetero) is 1. The first kappa shape index (κ1) is 14.5. The molecular weight excluding hydrogens is 304 g/mol. The molecule has 0 amide bonds.